The van der Waals surface area contributed by atoms with Gasteiger partial charge in [0.15, 0.2) is 11.5 Å². The molecule has 2 amide bonds. The van der Waals surface area contributed by atoms with Crippen molar-refractivity contribution in [3.8, 4) is 11.9 Å². The van der Waals surface area contributed by atoms with Crippen LogP contribution in [-0.2, 0) is 4.79 Å². The number of hydrogen-bond acceptors (Lipinski definition) is 8. The van der Waals surface area contributed by atoms with E-state index < -0.39 is 0 Å². The molecule has 2 saturated carbocycles. The van der Waals surface area contributed by atoms with Gasteiger partial charge in [-0.1, -0.05) is 16.8 Å². The van der Waals surface area contributed by atoms with Crippen LogP contribution >= 0.6 is 11.6 Å². The SMILES string of the molecule is COc1nc(C(C)n2cc(C(=O)NC3CC(c4cc(Cl)ccc4C#N)C3)nn2)cnc1N1C[C@H]2C[C@H]2C1=O. The molecule has 3 aromatic rings. The van der Waals surface area contributed by atoms with Gasteiger partial charge in [-0.25, -0.2) is 14.6 Å². The van der Waals surface area contributed by atoms with Gasteiger partial charge in [0, 0.05) is 23.5 Å². The number of amides is 2. The predicted molar refractivity (Wildman–Crippen MR) is 136 cm³/mol. The fraction of sp³-hybridized carbons (Fsp3) is 0.423. The Bertz CT molecular complexity index is 1480. The molecule has 6 rings (SSSR count). The second-order valence-electron chi connectivity index (χ2n) is 10.1. The highest BCUT2D eigenvalue weighted by atomic mass is 35.5. The van der Waals surface area contributed by atoms with Crippen LogP contribution in [0.4, 0.5) is 5.82 Å². The van der Waals surface area contributed by atoms with Gasteiger partial charge in [-0.15, -0.1) is 5.10 Å². The molecule has 1 N–H and O–H groups in total. The van der Waals surface area contributed by atoms with Crippen molar-refractivity contribution >= 4 is 29.2 Å². The van der Waals surface area contributed by atoms with Crippen molar-refractivity contribution in [2.24, 2.45) is 11.8 Å². The topological polar surface area (TPSA) is 139 Å². The Hall–Kier alpha value is -4.04. The minimum Gasteiger partial charge on any atom is -0.478 e. The molecule has 1 saturated heterocycles. The number of nitriles is 1. The lowest BCUT2D eigenvalue weighted by Crippen LogP contribution is -2.43. The molecule has 12 heteroatoms. The Kier molecular flexibility index (Phi) is 5.99. The van der Waals surface area contributed by atoms with E-state index in [1.807, 2.05) is 13.0 Å². The van der Waals surface area contributed by atoms with Crippen molar-refractivity contribution in [2.45, 2.75) is 44.2 Å². The van der Waals surface area contributed by atoms with E-state index in [1.54, 1.807) is 34.1 Å². The number of carbonyl (C=O) groups is 2. The molecule has 0 spiro atoms. The summed E-state index contributed by atoms with van der Waals surface area (Å²) in [4.78, 5) is 36.0. The normalized spacial score (nSPS) is 24.3. The molecule has 2 aliphatic carbocycles. The number of aromatic nitrogens is 5. The van der Waals surface area contributed by atoms with Crippen LogP contribution in [0.2, 0.25) is 5.02 Å². The van der Waals surface area contributed by atoms with Crippen molar-refractivity contribution in [1.29, 1.82) is 5.26 Å². The second-order valence-corrected chi connectivity index (χ2v) is 10.6. The molecule has 1 aliphatic heterocycles. The summed E-state index contributed by atoms with van der Waals surface area (Å²) in [6.07, 6.45) is 5.55. The number of anilines is 1. The van der Waals surface area contributed by atoms with E-state index in [2.05, 4.69) is 31.7 Å². The minimum atomic E-state index is -0.373. The van der Waals surface area contributed by atoms with Crippen LogP contribution in [-0.4, -0.2) is 56.5 Å². The maximum atomic E-state index is 12.8. The highest BCUT2D eigenvalue weighted by molar-refractivity contribution is 6.30. The summed E-state index contributed by atoms with van der Waals surface area (Å²) in [7, 11) is 1.50. The second kappa shape index (κ2) is 9.36. The Morgan fingerprint density at radius 2 is 2.13 bits per heavy atom. The molecule has 3 aliphatic rings. The zero-order valence-electron chi connectivity index (χ0n) is 20.8. The van der Waals surface area contributed by atoms with Gasteiger partial charge in [-0.05, 0) is 61.8 Å². The first kappa shape index (κ1) is 24.3. The summed E-state index contributed by atoms with van der Waals surface area (Å²) in [5.74, 6) is 1.15. The molecule has 194 valence electrons. The molecule has 3 atom stereocenters. The third-order valence-corrected chi connectivity index (χ3v) is 7.96. The standard InChI is InChI=1S/C26H25ClN8O3/c1-13(21-10-29-23(25(31-21)38-2)34-11-16-7-20(16)26(34)37)35-12-22(32-33-35)24(36)30-18-5-15(6-18)19-8-17(27)4-3-14(19)9-28/h3-4,8,10,12-13,15-16,18,20H,5-7,11H2,1-2H3,(H,30,36)/t13?,15?,16-,18?,20-/m1/s1. The Labute approximate surface area is 223 Å². The molecule has 2 aromatic heterocycles. The largest absolute Gasteiger partial charge is 0.478 e. The summed E-state index contributed by atoms with van der Waals surface area (Å²) in [6.45, 7) is 2.51. The number of rotatable bonds is 7. The third-order valence-electron chi connectivity index (χ3n) is 7.73. The van der Waals surface area contributed by atoms with E-state index in [9.17, 15) is 14.9 Å². The fourth-order valence-electron chi connectivity index (χ4n) is 5.30. The number of fused-ring (bicyclic) bond motifs is 1. The zero-order valence-corrected chi connectivity index (χ0v) is 21.6. The number of nitrogens with one attached hydrogen (secondary N) is 1. The van der Waals surface area contributed by atoms with E-state index in [0.29, 0.717) is 47.4 Å². The zero-order chi connectivity index (χ0) is 26.6. The van der Waals surface area contributed by atoms with Crippen molar-refractivity contribution in [3.63, 3.8) is 0 Å². The average Bonchev–Trinajstić information content (AvgIpc) is 3.36. The Balaban J connectivity index is 1.09. The van der Waals surface area contributed by atoms with Crippen LogP contribution in [0.1, 0.15) is 65.5 Å². The average molecular weight is 533 g/mol. The lowest BCUT2D eigenvalue weighted by Gasteiger charge is -2.36. The lowest BCUT2D eigenvalue weighted by molar-refractivity contribution is -0.118. The van der Waals surface area contributed by atoms with Crippen LogP contribution in [0.3, 0.4) is 0 Å². The first-order chi connectivity index (χ1) is 18.4. The van der Waals surface area contributed by atoms with E-state index in [0.717, 1.165) is 12.0 Å². The van der Waals surface area contributed by atoms with Crippen LogP contribution in [0.25, 0.3) is 0 Å². The maximum absolute atomic E-state index is 12.8. The fourth-order valence-corrected chi connectivity index (χ4v) is 5.48. The van der Waals surface area contributed by atoms with Crippen LogP contribution in [0, 0.1) is 23.2 Å². The van der Waals surface area contributed by atoms with Crippen molar-refractivity contribution in [1.82, 2.24) is 30.3 Å². The maximum Gasteiger partial charge on any atom is 0.273 e. The van der Waals surface area contributed by atoms with Crippen molar-refractivity contribution in [3.05, 3.63) is 58.1 Å². The summed E-state index contributed by atoms with van der Waals surface area (Å²) >= 11 is 6.11. The predicted octanol–water partition coefficient (Wildman–Crippen LogP) is 2.87. The summed E-state index contributed by atoms with van der Waals surface area (Å²) in [5, 5.41) is 21.1. The smallest absolute Gasteiger partial charge is 0.273 e. The summed E-state index contributed by atoms with van der Waals surface area (Å²) in [6, 6.07) is 7.07. The van der Waals surface area contributed by atoms with Gasteiger partial charge < -0.3 is 10.1 Å². The van der Waals surface area contributed by atoms with Gasteiger partial charge in [0.25, 0.3) is 11.8 Å². The number of piperidine rings is 1. The molecule has 0 radical (unpaired) electrons. The third kappa shape index (κ3) is 4.24. The lowest BCUT2D eigenvalue weighted by atomic mass is 9.74. The van der Waals surface area contributed by atoms with Crippen LogP contribution < -0.4 is 15.0 Å². The minimum absolute atomic E-state index is 0.0254. The van der Waals surface area contributed by atoms with E-state index >= 15 is 0 Å². The summed E-state index contributed by atoms with van der Waals surface area (Å²) < 4.78 is 6.99. The monoisotopic (exact) mass is 532 g/mol. The van der Waals surface area contributed by atoms with Gasteiger partial charge in [0.05, 0.1) is 42.9 Å². The number of ether oxygens (including phenoxy) is 1. The number of carbonyl (C=O) groups excluding carboxylic acids is 2. The number of methoxy groups -OCH3 is 1. The highest BCUT2D eigenvalue weighted by Crippen LogP contribution is 2.48. The molecule has 38 heavy (non-hydrogen) atoms. The summed E-state index contributed by atoms with van der Waals surface area (Å²) in [5.41, 5.74) is 2.28. The van der Waals surface area contributed by atoms with Gasteiger partial charge in [0.2, 0.25) is 5.91 Å². The van der Waals surface area contributed by atoms with Gasteiger partial charge in [-0.2, -0.15) is 5.26 Å². The Morgan fingerprint density at radius 1 is 1.32 bits per heavy atom. The molecule has 11 nitrogen and oxygen atoms in total. The Morgan fingerprint density at radius 3 is 2.84 bits per heavy atom. The van der Waals surface area contributed by atoms with Crippen LogP contribution in [0.5, 0.6) is 5.88 Å². The number of benzene rings is 1. The van der Waals surface area contributed by atoms with Gasteiger partial charge in [-0.3, -0.25) is 14.5 Å². The van der Waals surface area contributed by atoms with Crippen molar-refractivity contribution < 1.29 is 14.3 Å². The molecule has 1 aromatic carbocycles. The van der Waals surface area contributed by atoms with Gasteiger partial charge >= 0.3 is 0 Å². The number of halogens is 1. The highest BCUT2D eigenvalue weighted by Gasteiger charge is 2.53. The first-order valence-corrected chi connectivity index (χ1v) is 12.9. The molecule has 1 unspecified atom stereocenters. The van der Waals surface area contributed by atoms with E-state index in [1.165, 1.54) is 7.11 Å². The quantitative estimate of drug-likeness (QED) is 0.490. The number of nitrogens with zero attached hydrogens (tertiary/aromatic N) is 7. The molecular formula is C26H25ClN8O3. The van der Waals surface area contributed by atoms with Crippen LogP contribution in [0.15, 0.2) is 30.6 Å². The first-order valence-electron chi connectivity index (χ1n) is 12.5. The van der Waals surface area contributed by atoms with E-state index in [-0.39, 0.29) is 47.3 Å². The number of hydrogen-bond donors (Lipinski definition) is 1. The van der Waals surface area contributed by atoms with E-state index in [4.69, 9.17) is 16.3 Å². The molecule has 0 bridgehead atoms. The molecule has 3 fully saturated rings. The molecule has 3 heterocycles. The van der Waals surface area contributed by atoms with Gasteiger partial charge in [0.1, 0.15) is 0 Å². The van der Waals surface area contributed by atoms with Crippen molar-refractivity contribution in [2.75, 3.05) is 18.6 Å². The molecular weight excluding hydrogens is 508 g/mol.